The van der Waals surface area contributed by atoms with E-state index < -0.39 is 0 Å². The summed E-state index contributed by atoms with van der Waals surface area (Å²) in [5, 5.41) is 1.96. The average Bonchev–Trinajstić information content (AvgIpc) is 3.06. The highest BCUT2D eigenvalue weighted by atomic mass is 35.5. The molecule has 3 rings (SSSR count). The summed E-state index contributed by atoms with van der Waals surface area (Å²) in [7, 11) is 0. The van der Waals surface area contributed by atoms with E-state index in [-0.39, 0.29) is 11.6 Å². The first kappa shape index (κ1) is 15.9. The SMILES string of the molecule is O=c1c2ccccc2nc(SCC(Cl)=CCl)n1C1CCCC1. The quantitative estimate of drug-likeness (QED) is 0.577. The van der Waals surface area contributed by atoms with Crippen LogP contribution in [-0.2, 0) is 0 Å². The summed E-state index contributed by atoms with van der Waals surface area (Å²) in [4.78, 5) is 17.6. The van der Waals surface area contributed by atoms with E-state index in [9.17, 15) is 4.79 Å². The molecule has 1 aliphatic carbocycles. The van der Waals surface area contributed by atoms with Crippen LogP contribution in [0, 0.1) is 0 Å². The van der Waals surface area contributed by atoms with Gasteiger partial charge in [0.05, 0.1) is 10.9 Å². The maximum atomic E-state index is 12.9. The number of para-hydroxylation sites is 1. The van der Waals surface area contributed by atoms with E-state index in [1.165, 1.54) is 17.3 Å². The maximum Gasteiger partial charge on any atom is 0.262 e. The van der Waals surface area contributed by atoms with E-state index in [1.54, 1.807) is 0 Å². The van der Waals surface area contributed by atoms with Crippen LogP contribution in [-0.4, -0.2) is 15.3 Å². The lowest BCUT2D eigenvalue weighted by atomic mass is 10.2. The van der Waals surface area contributed by atoms with Crippen LogP contribution in [0.5, 0.6) is 0 Å². The Morgan fingerprint density at radius 1 is 1.36 bits per heavy atom. The summed E-state index contributed by atoms with van der Waals surface area (Å²) in [6.07, 6.45) is 4.39. The summed E-state index contributed by atoms with van der Waals surface area (Å²) in [5.74, 6) is 0.516. The monoisotopic (exact) mass is 354 g/mol. The molecule has 0 amide bonds. The molecule has 0 N–H and O–H groups in total. The Bertz CT molecular complexity index is 766. The van der Waals surface area contributed by atoms with Gasteiger partial charge in [-0.2, -0.15) is 0 Å². The van der Waals surface area contributed by atoms with Crippen molar-refractivity contribution < 1.29 is 0 Å². The molecule has 2 aromatic rings. The van der Waals surface area contributed by atoms with Gasteiger partial charge < -0.3 is 0 Å². The van der Waals surface area contributed by atoms with Crippen molar-refractivity contribution in [2.45, 2.75) is 36.9 Å². The van der Waals surface area contributed by atoms with Gasteiger partial charge in [0.1, 0.15) is 0 Å². The molecule has 3 nitrogen and oxygen atoms in total. The van der Waals surface area contributed by atoms with Gasteiger partial charge in [0.2, 0.25) is 0 Å². The number of aromatic nitrogens is 2. The van der Waals surface area contributed by atoms with Gasteiger partial charge >= 0.3 is 0 Å². The molecule has 116 valence electrons. The fourth-order valence-electron chi connectivity index (χ4n) is 2.88. The largest absolute Gasteiger partial charge is 0.284 e. The second kappa shape index (κ2) is 7.07. The Hall–Kier alpha value is -0.970. The van der Waals surface area contributed by atoms with Gasteiger partial charge in [-0.1, -0.05) is 59.9 Å². The Labute approximate surface area is 143 Å². The second-order valence-corrected chi connectivity index (χ2v) is 7.02. The van der Waals surface area contributed by atoms with Crippen LogP contribution in [0.15, 0.2) is 44.8 Å². The van der Waals surface area contributed by atoms with Crippen LogP contribution < -0.4 is 5.56 Å². The minimum absolute atomic E-state index is 0.0472. The summed E-state index contributed by atoms with van der Waals surface area (Å²) in [6, 6.07) is 7.74. The summed E-state index contributed by atoms with van der Waals surface area (Å²) >= 11 is 13.1. The summed E-state index contributed by atoms with van der Waals surface area (Å²) in [6.45, 7) is 0. The summed E-state index contributed by atoms with van der Waals surface area (Å²) in [5.41, 5.74) is 2.13. The molecule has 1 fully saturated rings. The molecule has 0 saturated heterocycles. The zero-order valence-corrected chi connectivity index (χ0v) is 14.3. The first-order chi connectivity index (χ1) is 10.7. The van der Waals surface area contributed by atoms with Crippen molar-refractivity contribution in [2.24, 2.45) is 0 Å². The molecular formula is C16H16Cl2N2OS. The number of hydrogen-bond donors (Lipinski definition) is 0. The molecule has 1 aliphatic rings. The van der Waals surface area contributed by atoms with Crippen LogP contribution in [0.3, 0.4) is 0 Å². The average molecular weight is 355 g/mol. The normalized spacial score (nSPS) is 16.5. The van der Waals surface area contributed by atoms with Crippen LogP contribution in [0.25, 0.3) is 10.9 Å². The zero-order chi connectivity index (χ0) is 15.5. The third kappa shape index (κ3) is 3.19. The predicted molar refractivity (Wildman–Crippen MR) is 94.0 cm³/mol. The van der Waals surface area contributed by atoms with E-state index in [4.69, 9.17) is 23.2 Å². The van der Waals surface area contributed by atoms with Gasteiger partial charge in [0.25, 0.3) is 5.56 Å². The lowest BCUT2D eigenvalue weighted by molar-refractivity contribution is 0.458. The third-order valence-corrected chi connectivity index (χ3v) is 5.70. The molecule has 1 aromatic carbocycles. The van der Waals surface area contributed by atoms with Crippen LogP contribution in [0.4, 0.5) is 0 Å². The number of fused-ring (bicyclic) bond motifs is 1. The lowest BCUT2D eigenvalue weighted by Gasteiger charge is -2.18. The molecule has 0 atom stereocenters. The van der Waals surface area contributed by atoms with E-state index in [1.807, 2.05) is 28.8 Å². The Morgan fingerprint density at radius 3 is 2.82 bits per heavy atom. The predicted octanol–water partition coefficient (Wildman–Crippen LogP) is 4.92. The molecule has 0 spiro atoms. The van der Waals surface area contributed by atoms with Crippen LogP contribution in [0.2, 0.25) is 0 Å². The minimum Gasteiger partial charge on any atom is -0.284 e. The van der Waals surface area contributed by atoms with E-state index in [2.05, 4.69) is 4.98 Å². The first-order valence-corrected chi connectivity index (χ1v) is 9.09. The second-order valence-electron chi connectivity index (χ2n) is 5.37. The van der Waals surface area contributed by atoms with Crippen molar-refractivity contribution in [3.05, 3.63) is 45.2 Å². The van der Waals surface area contributed by atoms with Crippen molar-refractivity contribution in [3.8, 4) is 0 Å². The maximum absolute atomic E-state index is 12.9. The number of rotatable bonds is 4. The van der Waals surface area contributed by atoms with Crippen LogP contribution >= 0.6 is 35.0 Å². The molecule has 0 radical (unpaired) electrons. The molecule has 1 aromatic heterocycles. The van der Waals surface area contributed by atoms with Gasteiger partial charge in [0.15, 0.2) is 5.16 Å². The summed E-state index contributed by atoms with van der Waals surface area (Å²) < 4.78 is 1.86. The number of halogens is 2. The molecule has 0 unspecified atom stereocenters. The smallest absolute Gasteiger partial charge is 0.262 e. The van der Waals surface area contributed by atoms with Gasteiger partial charge in [-0.15, -0.1) is 0 Å². The molecule has 1 saturated carbocycles. The Morgan fingerprint density at radius 2 is 2.09 bits per heavy atom. The van der Waals surface area contributed by atoms with E-state index >= 15 is 0 Å². The van der Waals surface area contributed by atoms with Gasteiger partial charge in [-0.25, -0.2) is 4.98 Å². The van der Waals surface area contributed by atoms with Gasteiger partial charge in [-0.3, -0.25) is 9.36 Å². The van der Waals surface area contributed by atoms with Gasteiger partial charge in [-0.05, 0) is 25.0 Å². The Kier molecular flexibility index (Phi) is 5.11. The van der Waals surface area contributed by atoms with Crippen LogP contribution in [0.1, 0.15) is 31.7 Å². The zero-order valence-electron chi connectivity index (χ0n) is 12.0. The topological polar surface area (TPSA) is 34.9 Å². The number of benzene rings is 1. The van der Waals surface area contributed by atoms with E-state index in [0.717, 1.165) is 36.4 Å². The molecule has 6 heteroatoms. The standard InChI is InChI=1S/C16H16Cl2N2OS/c17-9-11(18)10-22-16-19-14-8-4-3-7-13(14)15(21)20(16)12-5-1-2-6-12/h3-4,7-9,12H,1-2,5-6,10H2. The third-order valence-electron chi connectivity index (χ3n) is 3.92. The highest BCUT2D eigenvalue weighted by Gasteiger charge is 2.22. The molecule has 22 heavy (non-hydrogen) atoms. The lowest BCUT2D eigenvalue weighted by Crippen LogP contribution is -2.26. The number of hydrogen-bond acceptors (Lipinski definition) is 3. The molecule has 0 aliphatic heterocycles. The number of thioether (sulfide) groups is 1. The molecule has 1 heterocycles. The highest BCUT2D eigenvalue weighted by Crippen LogP contribution is 2.32. The first-order valence-electron chi connectivity index (χ1n) is 7.29. The fraction of sp³-hybridized carbons (Fsp3) is 0.375. The van der Waals surface area contributed by atoms with Gasteiger partial charge in [0, 0.05) is 22.4 Å². The van der Waals surface area contributed by atoms with Crippen molar-refractivity contribution in [3.63, 3.8) is 0 Å². The number of nitrogens with zero attached hydrogens (tertiary/aromatic N) is 2. The van der Waals surface area contributed by atoms with E-state index in [0.29, 0.717) is 16.2 Å². The van der Waals surface area contributed by atoms with Crippen molar-refractivity contribution in [1.29, 1.82) is 0 Å². The molecule has 0 bridgehead atoms. The fourth-order valence-corrected chi connectivity index (χ4v) is 4.09. The molecular weight excluding hydrogens is 339 g/mol. The van der Waals surface area contributed by atoms with Crippen molar-refractivity contribution in [2.75, 3.05) is 5.75 Å². The highest BCUT2D eigenvalue weighted by molar-refractivity contribution is 7.99. The van der Waals surface area contributed by atoms with Crippen molar-refractivity contribution >= 4 is 45.9 Å². The minimum atomic E-state index is 0.0472. The van der Waals surface area contributed by atoms with Crippen molar-refractivity contribution in [1.82, 2.24) is 9.55 Å². The Balaban J connectivity index is 2.10.